The highest BCUT2D eigenvalue weighted by Gasteiger charge is 2.09. The summed E-state index contributed by atoms with van der Waals surface area (Å²) in [7, 11) is 1.52. The molecule has 0 fully saturated rings. The monoisotopic (exact) mass is 333 g/mol. The molecule has 120 valence electrons. The SMILES string of the molecule is COc1cc2c[n+](CCc3ccccc3F)ccc2cc1O.[Cl-]. The van der Waals surface area contributed by atoms with E-state index in [1.54, 1.807) is 24.3 Å². The van der Waals surface area contributed by atoms with Gasteiger partial charge in [-0.15, -0.1) is 0 Å². The van der Waals surface area contributed by atoms with E-state index in [1.165, 1.54) is 13.2 Å². The molecule has 0 atom stereocenters. The summed E-state index contributed by atoms with van der Waals surface area (Å²) in [6.07, 6.45) is 4.52. The largest absolute Gasteiger partial charge is 1.00 e. The number of fused-ring (bicyclic) bond motifs is 1. The summed E-state index contributed by atoms with van der Waals surface area (Å²) >= 11 is 0. The molecule has 0 saturated carbocycles. The van der Waals surface area contributed by atoms with Gasteiger partial charge in [0.25, 0.3) is 0 Å². The van der Waals surface area contributed by atoms with Crippen LogP contribution in [0.5, 0.6) is 11.5 Å². The van der Waals surface area contributed by atoms with Crippen LogP contribution in [0.1, 0.15) is 5.56 Å². The Kier molecular flexibility index (Phi) is 5.40. The second-order valence-corrected chi connectivity index (χ2v) is 5.18. The molecule has 0 aliphatic rings. The lowest BCUT2D eigenvalue weighted by atomic mass is 10.1. The normalized spacial score (nSPS) is 10.3. The van der Waals surface area contributed by atoms with Crippen molar-refractivity contribution in [1.82, 2.24) is 0 Å². The van der Waals surface area contributed by atoms with Crippen molar-refractivity contribution in [2.24, 2.45) is 0 Å². The third-order valence-electron chi connectivity index (χ3n) is 3.73. The van der Waals surface area contributed by atoms with Gasteiger partial charge in [-0.2, -0.15) is 0 Å². The molecule has 3 rings (SSSR count). The van der Waals surface area contributed by atoms with E-state index >= 15 is 0 Å². The van der Waals surface area contributed by atoms with Crippen molar-refractivity contribution in [2.45, 2.75) is 13.0 Å². The molecule has 0 saturated heterocycles. The van der Waals surface area contributed by atoms with Crippen molar-refractivity contribution in [3.63, 3.8) is 0 Å². The van der Waals surface area contributed by atoms with Crippen LogP contribution in [0.4, 0.5) is 4.39 Å². The number of rotatable bonds is 4. The Hall–Kier alpha value is -2.33. The summed E-state index contributed by atoms with van der Waals surface area (Å²) in [4.78, 5) is 0. The van der Waals surface area contributed by atoms with Crippen molar-refractivity contribution < 1.29 is 31.2 Å². The number of benzene rings is 2. The number of pyridine rings is 1. The zero-order valence-corrected chi connectivity index (χ0v) is 13.4. The number of hydrogen-bond acceptors (Lipinski definition) is 2. The van der Waals surface area contributed by atoms with Crippen LogP contribution in [0.15, 0.2) is 54.9 Å². The molecule has 0 spiro atoms. The fourth-order valence-corrected chi connectivity index (χ4v) is 2.51. The Morgan fingerprint density at radius 3 is 2.65 bits per heavy atom. The van der Waals surface area contributed by atoms with Gasteiger partial charge in [0.05, 0.1) is 7.11 Å². The molecule has 0 aliphatic heterocycles. The number of hydrogen-bond donors (Lipinski definition) is 1. The number of methoxy groups -OCH3 is 1. The van der Waals surface area contributed by atoms with Crippen LogP contribution in [0.25, 0.3) is 10.8 Å². The predicted molar refractivity (Wildman–Crippen MR) is 82.5 cm³/mol. The molecule has 23 heavy (non-hydrogen) atoms. The average Bonchev–Trinajstić information content (AvgIpc) is 2.53. The second kappa shape index (κ2) is 7.29. The van der Waals surface area contributed by atoms with E-state index in [1.807, 2.05) is 29.1 Å². The standard InChI is InChI=1S/C18H16FNO2.ClH/c1-22-18-11-15-12-20(9-7-14(15)10-17(18)21)8-6-13-4-2-3-5-16(13)19;/h2-5,7,9-12H,6,8H2,1H3;1H. The number of phenols is 1. The number of ether oxygens (including phenoxy) is 1. The molecule has 0 radical (unpaired) electrons. The summed E-state index contributed by atoms with van der Waals surface area (Å²) in [6.45, 7) is 0.681. The maximum absolute atomic E-state index is 13.6. The molecule has 0 unspecified atom stereocenters. The van der Waals surface area contributed by atoms with Gasteiger partial charge >= 0.3 is 0 Å². The van der Waals surface area contributed by atoms with Crippen LogP contribution < -0.4 is 21.7 Å². The molecule has 0 amide bonds. The Morgan fingerprint density at radius 2 is 1.91 bits per heavy atom. The summed E-state index contributed by atoms with van der Waals surface area (Å²) in [5, 5.41) is 11.7. The zero-order valence-electron chi connectivity index (χ0n) is 12.7. The lowest BCUT2D eigenvalue weighted by Crippen LogP contribution is -3.00. The van der Waals surface area contributed by atoms with Crippen LogP contribution in [-0.2, 0) is 13.0 Å². The molecule has 2 aromatic carbocycles. The number of aromatic nitrogens is 1. The molecular formula is C18H17ClFNO2. The third kappa shape index (κ3) is 3.71. The highest BCUT2D eigenvalue weighted by Crippen LogP contribution is 2.30. The van der Waals surface area contributed by atoms with Crippen LogP contribution in [0, 0.1) is 5.82 Å². The van der Waals surface area contributed by atoms with Crippen LogP contribution in [0.2, 0.25) is 0 Å². The Balaban J connectivity index is 0.00000192. The highest BCUT2D eigenvalue weighted by molar-refractivity contribution is 5.84. The van der Waals surface area contributed by atoms with Gasteiger partial charge in [-0.25, -0.2) is 8.96 Å². The number of halogens is 2. The van der Waals surface area contributed by atoms with E-state index in [4.69, 9.17) is 4.74 Å². The zero-order chi connectivity index (χ0) is 15.5. The highest BCUT2D eigenvalue weighted by atomic mass is 35.5. The first-order valence-electron chi connectivity index (χ1n) is 7.10. The van der Waals surface area contributed by atoms with Crippen molar-refractivity contribution in [3.05, 3.63) is 66.2 Å². The van der Waals surface area contributed by atoms with E-state index in [9.17, 15) is 9.50 Å². The maximum Gasteiger partial charge on any atom is 0.176 e. The van der Waals surface area contributed by atoms with E-state index < -0.39 is 0 Å². The fourth-order valence-electron chi connectivity index (χ4n) is 2.51. The third-order valence-corrected chi connectivity index (χ3v) is 3.73. The Bertz CT molecular complexity index is 823. The maximum atomic E-state index is 13.6. The Morgan fingerprint density at radius 1 is 1.13 bits per heavy atom. The minimum atomic E-state index is -0.171. The van der Waals surface area contributed by atoms with Gasteiger partial charge in [0, 0.05) is 17.9 Å². The molecule has 0 aliphatic carbocycles. The summed E-state index contributed by atoms with van der Waals surface area (Å²) < 4.78 is 20.8. The molecule has 1 N–H and O–H groups in total. The minimum Gasteiger partial charge on any atom is -1.00 e. The van der Waals surface area contributed by atoms with E-state index in [0.717, 1.165) is 10.8 Å². The number of nitrogens with zero attached hydrogens (tertiary/aromatic N) is 1. The van der Waals surface area contributed by atoms with Gasteiger partial charge in [0.2, 0.25) is 0 Å². The lowest BCUT2D eigenvalue weighted by Gasteiger charge is -2.05. The predicted octanol–water partition coefficient (Wildman–Crippen LogP) is 0.227. The van der Waals surface area contributed by atoms with E-state index in [2.05, 4.69) is 0 Å². The van der Waals surface area contributed by atoms with Gasteiger partial charge in [-0.05, 0) is 29.1 Å². The van der Waals surface area contributed by atoms with Gasteiger partial charge in [-0.1, -0.05) is 18.2 Å². The first kappa shape index (κ1) is 17.0. The van der Waals surface area contributed by atoms with Gasteiger partial charge < -0.3 is 22.3 Å². The van der Waals surface area contributed by atoms with Crippen molar-refractivity contribution >= 4 is 10.8 Å². The molecule has 3 aromatic rings. The number of phenolic OH excluding ortho intramolecular Hbond substituents is 1. The molecule has 3 nitrogen and oxygen atoms in total. The van der Waals surface area contributed by atoms with Crippen molar-refractivity contribution in [1.29, 1.82) is 0 Å². The Labute approximate surface area is 140 Å². The smallest absolute Gasteiger partial charge is 0.176 e. The summed E-state index contributed by atoms with van der Waals surface area (Å²) in [5.41, 5.74) is 0.707. The molecule has 1 aromatic heterocycles. The van der Waals surface area contributed by atoms with Gasteiger partial charge in [0.15, 0.2) is 30.4 Å². The van der Waals surface area contributed by atoms with Gasteiger partial charge in [0.1, 0.15) is 5.82 Å². The number of aryl methyl sites for hydroxylation is 2. The number of aromatic hydroxyl groups is 1. The lowest BCUT2D eigenvalue weighted by molar-refractivity contribution is -0.695. The first-order valence-corrected chi connectivity index (χ1v) is 7.10. The average molecular weight is 334 g/mol. The van der Waals surface area contributed by atoms with Crippen LogP contribution in [-0.4, -0.2) is 12.2 Å². The molecule has 5 heteroatoms. The van der Waals surface area contributed by atoms with Crippen molar-refractivity contribution in [3.8, 4) is 11.5 Å². The van der Waals surface area contributed by atoms with Gasteiger partial charge in [-0.3, -0.25) is 0 Å². The summed E-state index contributed by atoms with van der Waals surface area (Å²) in [5.74, 6) is 0.397. The van der Waals surface area contributed by atoms with Crippen molar-refractivity contribution in [2.75, 3.05) is 7.11 Å². The second-order valence-electron chi connectivity index (χ2n) is 5.18. The summed E-state index contributed by atoms with van der Waals surface area (Å²) in [6, 6.07) is 12.2. The van der Waals surface area contributed by atoms with Crippen LogP contribution in [0.3, 0.4) is 0 Å². The minimum absolute atomic E-state index is 0. The van der Waals surface area contributed by atoms with E-state index in [0.29, 0.717) is 24.3 Å². The fraction of sp³-hybridized carbons (Fsp3) is 0.167. The molecule has 0 bridgehead atoms. The van der Waals surface area contributed by atoms with Crippen LogP contribution >= 0.6 is 0 Å². The first-order chi connectivity index (χ1) is 10.7. The quantitative estimate of drug-likeness (QED) is 0.693. The van der Waals surface area contributed by atoms with E-state index in [-0.39, 0.29) is 24.0 Å². The molecular weight excluding hydrogens is 317 g/mol. The topological polar surface area (TPSA) is 33.3 Å². The molecule has 1 heterocycles.